The van der Waals surface area contributed by atoms with E-state index in [9.17, 15) is 15.2 Å². The molecule has 24 heavy (non-hydrogen) atoms. The molecule has 1 atom stereocenters. The summed E-state index contributed by atoms with van der Waals surface area (Å²) in [5, 5.41) is 22.5. The Morgan fingerprint density at radius 2 is 1.75 bits per heavy atom. The van der Waals surface area contributed by atoms with Gasteiger partial charge in [-0.1, -0.05) is 20.8 Å². The lowest BCUT2D eigenvalue weighted by Crippen LogP contribution is -2.54. The van der Waals surface area contributed by atoms with E-state index >= 15 is 0 Å². The molecule has 1 saturated heterocycles. The van der Waals surface area contributed by atoms with E-state index < -0.39 is 5.54 Å². The number of carbonyl (C=O) groups is 1. The molecule has 6 heteroatoms. The summed E-state index contributed by atoms with van der Waals surface area (Å²) in [7, 11) is 0. The normalized spacial score (nSPS) is 23.6. The zero-order valence-electron chi connectivity index (χ0n) is 15.3. The van der Waals surface area contributed by atoms with E-state index in [1.165, 1.54) is 0 Å². The Labute approximate surface area is 145 Å². The summed E-state index contributed by atoms with van der Waals surface area (Å²) in [6.45, 7) is 10.6. The fraction of sp³-hybridized carbons (Fsp3) is 0.889. The van der Waals surface area contributed by atoms with Crippen LogP contribution in [0.4, 0.5) is 0 Å². The summed E-state index contributed by atoms with van der Waals surface area (Å²) in [6.07, 6.45) is 3.23. The minimum atomic E-state index is -0.629. The number of hydrogen-bond donors (Lipinski definition) is 2. The van der Waals surface area contributed by atoms with Gasteiger partial charge >= 0.3 is 0 Å². The zero-order chi connectivity index (χ0) is 17.8. The molecule has 136 valence electrons. The van der Waals surface area contributed by atoms with Crippen molar-refractivity contribution < 1.29 is 9.90 Å². The SMILES string of the molecule is CC(C)(C)[C@@H](O)CN1CCN(CC(=O)NC2(C#N)CCCC2)CC1. The van der Waals surface area contributed by atoms with Gasteiger partial charge in [0.05, 0.1) is 18.7 Å². The summed E-state index contributed by atoms with van der Waals surface area (Å²) < 4.78 is 0. The van der Waals surface area contributed by atoms with E-state index in [0.29, 0.717) is 13.1 Å². The molecule has 2 fully saturated rings. The van der Waals surface area contributed by atoms with Crippen LogP contribution in [-0.2, 0) is 4.79 Å². The Morgan fingerprint density at radius 1 is 1.21 bits per heavy atom. The lowest BCUT2D eigenvalue weighted by atomic mass is 9.89. The molecule has 1 aliphatic heterocycles. The first-order valence-corrected chi connectivity index (χ1v) is 9.09. The van der Waals surface area contributed by atoms with Crippen LogP contribution in [0.5, 0.6) is 0 Å². The van der Waals surface area contributed by atoms with E-state index in [2.05, 4.69) is 21.2 Å². The molecule has 6 nitrogen and oxygen atoms in total. The van der Waals surface area contributed by atoms with Gasteiger partial charge in [-0.15, -0.1) is 0 Å². The van der Waals surface area contributed by atoms with E-state index in [4.69, 9.17) is 0 Å². The molecule has 1 saturated carbocycles. The topological polar surface area (TPSA) is 79.6 Å². The number of nitrogens with zero attached hydrogens (tertiary/aromatic N) is 3. The van der Waals surface area contributed by atoms with Crippen molar-refractivity contribution >= 4 is 5.91 Å². The number of nitrogens with one attached hydrogen (secondary N) is 1. The molecular formula is C18H32N4O2. The van der Waals surface area contributed by atoms with E-state index in [-0.39, 0.29) is 17.4 Å². The molecule has 1 amide bonds. The van der Waals surface area contributed by atoms with Crippen molar-refractivity contribution in [1.29, 1.82) is 5.26 Å². The van der Waals surface area contributed by atoms with Crippen molar-refractivity contribution in [1.82, 2.24) is 15.1 Å². The summed E-state index contributed by atoms with van der Waals surface area (Å²) >= 11 is 0. The second-order valence-electron chi connectivity index (χ2n) is 8.41. The first-order chi connectivity index (χ1) is 11.2. The minimum Gasteiger partial charge on any atom is -0.391 e. The Kier molecular flexibility index (Phi) is 6.24. The second kappa shape index (κ2) is 7.81. The van der Waals surface area contributed by atoms with Crippen LogP contribution in [0.1, 0.15) is 46.5 Å². The van der Waals surface area contributed by atoms with Crippen molar-refractivity contribution in [3.05, 3.63) is 0 Å². The Hall–Kier alpha value is -1.16. The van der Waals surface area contributed by atoms with Crippen LogP contribution in [0, 0.1) is 16.7 Å². The number of β-amino-alcohol motifs (C(OH)–C–C–N with tert-alkyl or cyclic N) is 1. The van der Waals surface area contributed by atoms with Crippen molar-refractivity contribution in [2.24, 2.45) is 5.41 Å². The Morgan fingerprint density at radius 3 is 2.25 bits per heavy atom. The van der Waals surface area contributed by atoms with Crippen molar-refractivity contribution in [3.63, 3.8) is 0 Å². The molecular weight excluding hydrogens is 304 g/mol. The van der Waals surface area contributed by atoms with Gasteiger partial charge in [0.25, 0.3) is 0 Å². The zero-order valence-corrected chi connectivity index (χ0v) is 15.3. The van der Waals surface area contributed by atoms with Crippen LogP contribution >= 0.6 is 0 Å². The molecule has 0 aromatic carbocycles. The number of nitriles is 1. The molecule has 1 heterocycles. The maximum Gasteiger partial charge on any atom is 0.235 e. The van der Waals surface area contributed by atoms with Crippen LogP contribution in [0.15, 0.2) is 0 Å². The van der Waals surface area contributed by atoms with E-state index in [1.54, 1.807) is 0 Å². The second-order valence-corrected chi connectivity index (χ2v) is 8.41. The molecule has 0 unspecified atom stereocenters. The highest BCUT2D eigenvalue weighted by molar-refractivity contribution is 5.79. The number of amides is 1. The van der Waals surface area contributed by atoms with Crippen molar-refractivity contribution in [3.8, 4) is 6.07 Å². The molecule has 0 aromatic heterocycles. The Bertz CT molecular complexity index is 466. The predicted octanol–water partition coefficient (Wildman–Crippen LogP) is 0.964. The molecule has 1 aliphatic carbocycles. The number of piperazine rings is 1. The smallest absolute Gasteiger partial charge is 0.235 e. The van der Waals surface area contributed by atoms with E-state index in [1.807, 2.05) is 20.8 Å². The van der Waals surface area contributed by atoms with Crippen LogP contribution < -0.4 is 5.32 Å². The number of aliphatic hydroxyl groups excluding tert-OH is 1. The molecule has 0 aromatic rings. The van der Waals surface area contributed by atoms with Gasteiger partial charge in [0.15, 0.2) is 0 Å². The summed E-state index contributed by atoms with van der Waals surface area (Å²) in [6, 6.07) is 2.30. The maximum absolute atomic E-state index is 12.3. The highest BCUT2D eigenvalue weighted by atomic mass is 16.3. The van der Waals surface area contributed by atoms with Crippen LogP contribution in [-0.4, -0.2) is 71.7 Å². The first kappa shape index (κ1) is 19.2. The molecule has 2 aliphatic rings. The molecule has 2 N–H and O–H groups in total. The van der Waals surface area contributed by atoms with Gasteiger partial charge in [-0.25, -0.2) is 0 Å². The number of aliphatic hydroxyl groups is 1. The fourth-order valence-corrected chi connectivity index (χ4v) is 3.40. The van der Waals surface area contributed by atoms with Gasteiger partial charge in [0, 0.05) is 32.7 Å². The monoisotopic (exact) mass is 336 g/mol. The van der Waals surface area contributed by atoms with Crippen molar-refractivity contribution in [2.75, 3.05) is 39.3 Å². The van der Waals surface area contributed by atoms with Crippen LogP contribution in [0.25, 0.3) is 0 Å². The third-order valence-corrected chi connectivity index (χ3v) is 5.31. The number of hydrogen-bond acceptors (Lipinski definition) is 5. The third-order valence-electron chi connectivity index (χ3n) is 5.31. The Balaban J connectivity index is 1.73. The summed E-state index contributed by atoms with van der Waals surface area (Å²) in [5.74, 6) is -0.0402. The van der Waals surface area contributed by atoms with Gasteiger partial charge in [0.2, 0.25) is 5.91 Å². The fourth-order valence-electron chi connectivity index (χ4n) is 3.40. The predicted molar refractivity (Wildman–Crippen MR) is 93.3 cm³/mol. The average Bonchev–Trinajstić information content (AvgIpc) is 2.97. The van der Waals surface area contributed by atoms with Crippen LogP contribution in [0.3, 0.4) is 0 Å². The highest BCUT2D eigenvalue weighted by Crippen LogP contribution is 2.28. The van der Waals surface area contributed by atoms with Crippen molar-refractivity contribution in [2.45, 2.75) is 58.1 Å². The van der Waals surface area contributed by atoms with Gasteiger partial charge in [-0.2, -0.15) is 5.26 Å². The van der Waals surface area contributed by atoms with Gasteiger partial charge in [-0.3, -0.25) is 14.6 Å². The summed E-state index contributed by atoms with van der Waals surface area (Å²) in [5.41, 5.74) is -0.736. The van der Waals surface area contributed by atoms with Crippen LogP contribution in [0.2, 0.25) is 0 Å². The third kappa shape index (κ3) is 5.17. The van der Waals surface area contributed by atoms with E-state index in [0.717, 1.165) is 51.9 Å². The largest absolute Gasteiger partial charge is 0.391 e. The quantitative estimate of drug-likeness (QED) is 0.782. The number of carbonyl (C=O) groups excluding carboxylic acids is 1. The number of rotatable bonds is 5. The van der Waals surface area contributed by atoms with Gasteiger partial charge < -0.3 is 10.4 Å². The standard InChI is InChI=1S/C18H32N4O2/c1-17(2,3)15(23)12-21-8-10-22(11-9-21)13-16(24)20-18(14-19)6-4-5-7-18/h15,23H,4-13H2,1-3H3,(H,20,24)/t15-/m0/s1. The molecule has 0 spiro atoms. The lowest BCUT2D eigenvalue weighted by molar-refractivity contribution is -0.124. The highest BCUT2D eigenvalue weighted by Gasteiger charge is 2.35. The van der Waals surface area contributed by atoms with Gasteiger partial charge in [-0.05, 0) is 31.1 Å². The summed E-state index contributed by atoms with van der Waals surface area (Å²) in [4.78, 5) is 16.7. The average molecular weight is 336 g/mol. The lowest BCUT2D eigenvalue weighted by Gasteiger charge is -2.38. The maximum atomic E-state index is 12.3. The first-order valence-electron chi connectivity index (χ1n) is 9.09. The molecule has 0 bridgehead atoms. The van der Waals surface area contributed by atoms with Gasteiger partial charge in [0.1, 0.15) is 5.54 Å². The minimum absolute atomic E-state index is 0.0402. The molecule has 2 rings (SSSR count). The molecule has 0 radical (unpaired) electrons.